The molecule has 0 spiro atoms. The molecule has 0 fully saturated rings. The van der Waals surface area contributed by atoms with Crippen LogP contribution in [0, 0.1) is 0 Å². The van der Waals surface area contributed by atoms with Gasteiger partial charge in [0.1, 0.15) is 0 Å². The van der Waals surface area contributed by atoms with Crippen LogP contribution in [-0.2, 0) is 20.0 Å². The monoisotopic (exact) mass is 370 g/mol. The predicted molar refractivity (Wildman–Crippen MR) is 107 cm³/mol. The maximum atomic E-state index is 4.73. The second kappa shape index (κ2) is 7.05. The molecule has 4 aromatic rings. The molecule has 28 heavy (non-hydrogen) atoms. The van der Waals surface area contributed by atoms with E-state index in [-0.39, 0.29) is 6.04 Å². The first kappa shape index (κ1) is 16.9. The highest BCUT2D eigenvalue weighted by Gasteiger charge is 2.32. The van der Waals surface area contributed by atoms with Crippen molar-refractivity contribution in [1.82, 2.24) is 29.6 Å². The molecule has 1 atom stereocenters. The Kier molecular flexibility index (Phi) is 4.25. The van der Waals surface area contributed by atoms with E-state index in [4.69, 9.17) is 5.10 Å². The van der Waals surface area contributed by atoms with Gasteiger partial charge in [-0.25, -0.2) is 4.98 Å². The lowest BCUT2D eigenvalue weighted by Gasteiger charge is -2.34. The molecule has 0 saturated carbocycles. The molecule has 6 heteroatoms. The number of aromatic amines is 1. The molecular weight excluding hydrogens is 348 g/mol. The van der Waals surface area contributed by atoms with Crippen molar-refractivity contribution in [3.63, 3.8) is 0 Å². The highest BCUT2D eigenvalue weighted by atomic mass is 15.3. The summed E-state index contributed by atoms with van der Waals surface area (Å²) in [6, 6.07) is 16.5. The second-order valence-corrected chi connectivity index (χ2v) is 7.19. The van der Waals surface area contributed by atoms with E-state index in [1.807, 2.05) is 36.1 Å². The van der Waals surface area contributed by atoms with Gasteiger partial charge in [-0.15, -0.1) is 0 Å². The summed E-state index contributed by atoms with van der Waals surface area (Å²) in [4.78, 5) is 15.0. The van der Waals surface area contributed by atoms with Crippen LogP contribution in [0.2, 0.25) is 0 Å². The zero-order valence-electron chi connectivity index (χ0n) is 15.8. The number of benzene rings is 1. The van der Waals surface area contributed by atoms with Crippen LogP contribution in [0.15, 0.2) is 67.3 Å². The summed E-state index contributed by atoms with van der Waals surface area (Å²) in [6.07, 6.45) is 6.73. The topological polar surface area (TPSA) is 62.6 Å². The summed E-state index contributed by atoms with van der Waals surface area (Å²) < 4.78 is 1.90. The van der Waals surface area contributed by atoms with Crippen LogP contribution >= 0.6 is 0 Å². The summed E-state index contributed by atoms with van der Waals surface area (Å²) in [5.41, 5.74) is 6.71. The van der Waals surface area contributed by atoms with Crippen LogP contribution in [0.3, 0.4) is 0 Å². The van der Waals surface area contributed by atoms with E-state index in [1.165, 1.54) is 11.3 Å². The number of pyridine rings is 1. The lowest BCUT2D eigenvalue weighted by Crippen LogP contribution is -2.36. The van der Waals surface area contributed by atoms with Gasteiger partial charge >= 0.3 is 0 Å². The van der Waals surface area contributed by atoms with Crippen molar-refractivity contribution in [3.8, 4) is 11.3 Å². The molecule has 1 N–H and O–H groups in total. The van der Waals surface area contributed by atoms with Gasteiger partial charge < -0.3 is 4.98 Å². The molecule has 4 heterocycles. The molecular formula is C22H22N6. The average molecular weight is 370 g/mol. The molecule has 1 aliphatic rings. The normalized spacial score (nSPS) is 16.8. The number of aryl methyl sites for hydroxylation is 1. The molecule has 0 aliphatic carbocycles. The van der Waals surface area contributed by atoms with Gasteiger partial charge in [-0.1, -0.05) is 36.4 Å². The lowest BCUT2D eigenvalue weighted by atomic mass is 9.98. The Morgan fingerprint density at radius 2 is 1.93 bits per heavy atom. The Bertz CT molecular complexity index is 1070. The number of hydrogen-bond acceptors (Lipinski definition) is 4. The van der Waals surface area contributed by atoms with Crippen LogP contribution in [-0.4, -0.2) is 36.2 Å². The van der Waals surface area contributed by atoms with E-state index >= 15 is 0 Å². The minimum absolute atomic E-state index is 0.0417. The number of nitrogens with one attached hydrogen (secondary N) is 1. The standard InChI is InChI=1S/C22H22N6/c1-27-13-17(20(26-27)16-7-3-2-4-8-16)14-28-12-10-18-21(25-15-24-18)22(28)19-9-5-6-11-23-19/h2-9,11,13,15,22H,10,12,14H2,1H3,(H,24,25). The highest BCUT2D eigenvalue weighted by molar-refractivity contribution is 5.62. The minimum atomic E-state index is 0.0417. The van der Waals surface area contributed by atoms with Gasteiger partial charge in [0.2, 0.25) is 0 Å². The minimum Gasteiger partial charge on any atom is -0.348 e. The first-order chi connectivity index (χ1) is 13.8. The summed E-state index contributed by atoms with van der Waals surface area (Å²) in [6.45, 7) is 1.74. The van der Waals surface area contributed by atoms with Gasteiger partial charge in [-0.2, -0.15) is 5.10 Å². The van der Waals surface area contributed by atoms with Gasteiger partial charge in [0.05, 0.1) is 29.5 Å². The maximum absolute atomic E-state index is 4.73. The molecule has 6 nitrogen and oxygen atoms in total. The molecule has 140 valence electrons. The molecule has 1 aromatic carbocycles. The predicted octanol–water partition coefficient (Wildman–Crippen LogP) is 3.35. The van der Waals surface area contributed by atoms with E-state index in [2.05, 4.69) is 56.4 Å². The number of rotatable bonds is 4. The fraction of sp³-hybridized carbons (Fsp3) is 0.227. The Morgan fingerprint density at radius 3 is 2.75 bits per heavy atom. The lowest BCUT2D eigenvalue weighted by molar-refractivity contribution is 0.197. The van der Waals surface area contributed by atoms with Gasteiger partial charge in [0, 0.05) is 55.8 Å². The van der Waals surface area contributed by atoms with Crippen molar-refractivity contribution >= 4 is 0 Å². The van der Waals surface area contributed by atoms with E-state index in [1.54, 1.807) is 6.33 Å². The van der Waals surface area contributed by atoms with Gasteiger partial charge in [-0.05, 0) is 12.1 Å². The van der Waals surface area contributed by atoms with E-state index in [0.717, 1.165) is 42.2 Å². The fourth-order valence-electron chi connectivity index (χ4n) is 4.07. The first-order valence-corrected chi connectivity index (χ1v) is 9.54. The van der Waals surface area contributed by atoms with Crippen molar-refractivity contribution in [1.29, 1.82) is 0 Å². The van der Waals surface area contributed by atoms with Crippen LogP contribution < -0.4 is 0 Å². The van der Waals surface area contributed by atoms with E-state index < -0.39 is 0 Å². The van der Waals surface area contributed by atoms with Crippen molar-refractivity contribution in [3.05, 3.63) is 89.9 Å². The van der Waals surface area contributed by atoms with Crippen LogP contribution in [0.4, 0.5) is 0 Å². The van der Waals surface area contributed by atoms with Crippen molar-refractivity contribution in [2.24, 2.45) is 7.05 Å². The summed E-state index contributed by atoms with van der Waals surface area (Å²) in [5, 5.41) is 4.73. The first-order valence-electron chi connectivity index (χ1n) is 9.54. The number of H-pyrrole nitrogens is 1. The maximum Gasteiger partial charge on any atom is 0.0971 e. The quantitative estimate of drug-likeness (QED) is 0.598. The third-order valence-electron chi connectivity index (χ3n) is 5.32. The Labute approximate surface area is 163 Å². The molecule has 1 aliphatic heterocycles. The van der Waals surface area contributed by atoms with E-state index in [0.29, 0.717) is 0 Å². The number of hydrogen-bond donors (Lipinski definition) is 1. The molecule has 3 aromatic heterocycles. The van der Waals surface area contributed by atoms with Crippen LogP contribution in [0.25, 0.3) is 11.3 Å². The van der Waals surface area contributed by atoms with Crippen molar-refractivity contribution in [2.75, 3.05) is 6.54 Å². The third kappa shape index (κ3) is 3.01. The molecule has 0 amide bonds. The van der Waals surface area contributed by atoms with Crippen molar-refractivity contribution < 1.29 is 0 Å². The molecule has 1 unspecified atom stereocenters. The number of aromatic nitrogens is 5. The zero-order chi connectivity index (χ0) is 18.9. The fourth-order valence-corrected chi connectivity index (χ4v) is 4.07. The Morgan fingerprint density at radius 1 is 1.07 bits per heavy atom. The van der Waals surface area contributed by atoms with Gasteiger partial charge in [0.15, 0.2) is 0 Å². The SMILES string of the molecule is Cn1cc(CN2CCc3[nH]cnc3C2c2ccccn2)c(-c2ccccc2)n1. The number of fused-ring (bicyclic) bond motifs is 1. The second-order valence-electron chi connectivity index (χ2n) is 7.19. The number of nitrogens with zero attached hydrogens (tertiary/aromatic N) is 5. The summed E-state index contributed by atoms with van der Waals surface area (Å²) in [7, 11) is 1.98. The molecule has 5 rings (SSSR count). The van der Waals surface area contributed by atoms with Gasteiger partial charge in [0.25, 0.3) is 0 Å². The van der Waals surface area contributed by atoms with Gasteiger partial charge in [-0.3, -0.25) is 14.6 Å². The van der Waals surface area contributed by atoms with Crippen LogP contribution in [0.5, 0.6) is 0 Å². The zero-order valence-corrected chi connectivity index (χ0v) is 15.8. The smallest absolute Gasteiger partial charge is 0.0971 e. The largest absolute Gasteiger partial charge is 0.348 e. The highest BCUT2D eigenvalue weighted by Crippen LogP contribution is 2.34. The van der Waals surface area contributed by atoms with Crippen LogP contribution in [0.1, 0.15) is 28.7 Å². The number of imidazole rings is 1. The molecule has 0 saturated heterocycles. The average Bonchev–Trinajstić information content (AvgIpc) is 3.35. The van der Waals surface area contributed by atoms with Crippen molar-refractivity contribution in [2.45, 2.75) is 19.0 Å². The third-order valence-corrected chi connectivity index (χ3v) is 5.32. The summed E-state index contributed by atoms with van der Waals surface area (Å²) >= 11 is 0. The molecule has 0 bridgehead atoms. The van der Waals surface area contributed by atoms with E-state index in [9.17, 15) is 0 Å². The Hall–Kier alpha value is -3.25. The summed E-state index contributed by atoms with van der Waals surface area (Å²) in [5.74, 6) is 0. The Balaban J connectivity index is 1.53. The molecule has 0 radical (unpaired) electrons.